The molecule has 1 amide bonds. The molecule has 1 fully saturated rings. The summed E-state index contributed by atoms with van der Waals surface area (Å²) >= 11 is 0.906. The van der Waals surface area contributed by atoms with Crippen LogP contribution in [0.1, 0.15) is 50.6 Å². The number of anilines is 1. The van der Waals surface area contributed by atoms with Gasteiger partial charge in [-0.2, -0.15) is 0 Å². The third-order valence-electron chi connectivity index (χ3n) is 7.12. The lowest BCUT2D eigenvalue weighted by atomic mass is 9.93. The summed E-state index contributed by atoms with van der Waals surface area (Å²) in [7, 11) is 1.37. The molecule has 5 rings (SSSR count). The summed E-state index contributed by atoms with van der Waals surface area (Å²) in [6.45, 7) is 5.54. The number of hydrogen-bond acceptors (Lipinski definition) is 10. The lowest BCUT2D eigenvalue weighted by molar-refractivity contribution is -0.132. The summed E-state index contributed by atoms with van der Waals surface area (Å²) in [4.78, 5) is 45.6. The van der Waals surface area contributed by atoms with E-state index in [1.165, 1.54) is 25.3 Å². The molecule has 44 heavy (non-hydrogen) atoms. The molecule has 1 atom stereocenters. The van der Waals surface area contributed by atoms with Crippen molar-refractivity contribution in [2.75, 3.05) is 18.6 Å². The number of hydrogen-bond donors (Lipinski definition) is 2. The van der Waals surface area contributed by atoms with Crippen molar-refractivity contribution in [1.82, 2.24) is 4.98 Å². The minimum absolute atomic E-state index is 0.0742. The first-order chi connectivity index (χ1) is 21.1. The van der Waals surface area contributed by atoms with Gasteiger partial charge in [0.2, 0.25) is 0 Å². The smallest absolute Gasteiger partial charge is 0.350 e. The van der Waals surface area contributed by atoms with Crippen molar-refractivity contribution >= 4 is 39.9 Å². The maximum Gasteiger partial charge on any atom is 0.350 e. The molecule has 1 aliphatic rings. The SMILES string of the molecule is CCOC(=O)c1sc(N2C(=O)C(=O)C(=C(O)c3ccc(OCc4ccccc4)cc3C)[C@H]2c2ccc(O)c(OC)c2)nc1C. The fourth-order valence-corrected chi connectivity index (χ4v) is 5.95. The number of ketones is 1. The second-order valence-corrected chi connectivity index (χ2v) is 11.0. The predicted molar refractivity (Wildman–Crippen MR) is 164 cm³/mol. The molecule has 4 aromatic rings. The van der Waals surface area contributed by atoms with Crippen LogP contribution in [0, 0.1) is 13.8 Å². The molecule has 10 nitrogen and oxygen atoms in total. The van der Waals surface area contributed by atoms with Crippen LogP contribution >= 0.6 is 11.3 Å². The number of aromatic nitrogens is 1. The van der Waals surface area contributed by atoms with Crippen molar-refractivity contribution in [3.8, 4) is 17.2 Å². The number of amides is 1. The van der Waals surface area contributed by atoms with Gasteiger partial charge in [-0.1, -0.05) is 47.7 Å². The number of nitrogens with zero attached hydrogens (tertiary/aromatic N) is 2. The number of ether oxygens (including phenoxy) is 3. The Labute approximate surface area is 257 Å². The van der Waals surface area contributed by atoms with E-state index in [0.29, 0.717) is 34.7 Å². The standard InChI is InChI=1S/C33H30N2O8S/c1-5-42-32(40)30-19(3)34-33(44-30)35-27(21-11-14-24(36)25(16-21)41-4)26(29(38)31(35)39)28(37)23-13-12-22(15-18(23)2)43-17-20-9-7-6-8-10-20/h6-16,27,36-37H,5,17H2,1-4H3/t27-/m1/s1. The van der Waals surface area contributed by atoms with E-state index in [1.54, 1.807) is 39.0 Å². The maximum atomic E-state index is 13.6. The largest absolute Gasteiger partial charge is 0.507 e. The van der Waals surface area contributed by atoms with Gasteiger partial charge in [-0.05, 0) is 67.8 Å². The molecule has 2 heterocycles. The van der Waals surface area contributed by atoms with E-state index >= 15 is 0 Å². The number of phenols is 1. The van der Waals surface area contributed by atoms with Crippen LogP contribution < -0.4 is 14.4 Å². The van der Waals surface area contributed by atoms with E-state index < -0.39 is 29.5 Å². The number of thiazole rings is 1. The molecule has 1 aromatic heterocycles. The monoisotopic (exact) mass is 614 g/mol. The zero-order chi connectivity index (χ0) is 31.5. The average Bonchev–Trinajstić information content (AvgIpc) is 3.52. The van der Waals surface area contributed by atoms with Crippen molar-refractivity contribution in [3.05, 3.63) is 105 Å². The van der Waals surface area contributed by atoms with Gasteiger partial charge >= 0.3 is 11.9 Å². The van der Waals surface area contributed by atoms with Gasteiger partial charge in [0.05, 0.1) is 31.0 Å². The van der Waals surface area contributed by atoms with Crippen molar-refractivity contribution in [2.24, 2.45) is 0 Å². The Kier molecular flexibility index (Phi) is 8.68. The predicted octanol–water partition coefficient (Wildman–Crippen LogP) is 5.86. The molecule has 0 aliphatic carbocycles. The Bertz CT molecular complexity index is 1780. The quantitative estimate of drug-likeness (QED) is 0.103. The topological polar surface area (TPSA) is 135 Å². The van der Waals surface area contributed by atoms with Crippen LogP contribution in [0.25, 0.3) is 5.76 Å². The van der Waals surface area contributed by atoms with Crippen LogP contribution in [-0.2, 0) is 20.9 Å². The van der Waals surface area contributed by atoms with E-state index in [1.807, 2.05) is 30.3 Å². The van der Waals surface area contributed by atoms with Gasteiger partial charge in [0.15, 0.2) is 16.6 Å². The molecule has 0 radical (unpaired) electrons. The number of Topliss-reactive ketones (excluding diaryl/α,β-unsaturated/α-hetero) is 1. The number of carbonyl (C=O) groups excluding carboxylic acids is 3. The van der Waals surface area contributed by atoms with Gasteiger partial charge in [0.25, 0.3) is 5.78 Å². The first-order valence-electron chi connectivity index (χ1n) is 13.7. The highest BCUT2D eigenvalue weighted by molar-refractivity contribution is 7.17. The summed E-state index contributed by atoms with van der Waals surface area (Å²) in [6.07, 6.45) is 0. The molecule has 0 bridgehead atoms. The molecule has 0 saturated carbocycles. The lowest BCUT2D eigenvalue weighted by Crippen LogP contribution is -2.29. The Morgan fingerprint density at radius 2 is 1.80 bits per heavy atom. The summed E-state index contributed by atoms with van der Waals surface area (Å²) in [5.74, 6) is -2.35. The van der Waals surface area contributed by atoms with Crippen molar-refractivity contribution in [2.45, 2.75) is 33.4 Å². The molecule has 0 unspecified atom stereocenters. The summed E-state index contributed by atoms with van der Waals surface area (Å²) in [5.41, 5.74) is 2.43. The van der Waals surface area contributed by atoms with Crippen LogP contribution in [0.2, 0.25) is 0 Å². The number of phenolic OH excluding ortho intramolecular Hbond substituents is 1. The Balaban J connectivity index is 1.60. The minimum Gasteiger partial charge on any atom is -0.507 e. The van der Waals surface area contributed by atoms with Crippen molar-refractivity contribution in [3.63, 3.8) is 0 Å². The summed E-state index contributed by atoms with van der Waals surface area (Å²) in [6, 6.07) is 17.9. The first-order valence-corrected chi connectivity index (χ1v) is 14.6. The second-order valence-electron chi connectivity index (χ2n) is 9.98. The van der Waals surface area contributed by atoms with Gasteiger partial charge in [-0.25, -0.2) is 9.78 Å². The number of rotatable bonds is 9. The Morgan fingerprint density at radius 3 is 2.48 bits per heavy atom. The third-order valence-corrected chi connectivity index (χ3v) is 8.25. The van der Waals surface area contributed by atoms with Crippen LogP contribution in [0.3, 0.4) is 0 Å². The molecule has 226 valence electrons. The van der Waals surface area contributed by atoms with Crippen LogP contribution in [0.4, 0.5) is 5.13 Å². The van der Waals surface area contributed by atoms with E-state index in [2.05, 4.69) is 4.98 Å². The lowest BCUT2D eigenvalue weighted by Gasteiger charge is -2.23. The first kappa shape index (κ1) is 30.3. The number of aromatic hydroxyl groups is 1. The molecule has 0 spiro atoms. The highest BCUT2D eigenvalue weighted by Crippen LogP contribution is 2.45. The van der Waals surface area contributed by atoms with Gasteiger partial charge in [-0.15, -0.1) is 0 Å². The van der Waals surface area contributed by atoms with Crippen molar-refractivity contribution < 1.29 is 38.8 Å². The molecule has 11 heteroatoms. The summed E-state index contributed by atoms with van der Waals surface area (Å²) < 4.78 is 16.3. The average molecular weight is 615 g/mol. The molecule has 1 saturated heterocycles. The molecular formula is C33H30N2O8S. The van der Waals surface area contributed by atoms with Crippen LogP contribution in [0.15, 0.2) is 72.3 Å². The number of aliphatic hydroxyl groups excluding tert-OH is 1. The Morgan fingerprint density at radius 1 is 1.05 bits per heavy atom. The molecule has 2 N–H and O–H groups in total. The number of aliphatic hydroxyl groups is 1. The van der Waals surface area contributed by atoms with E-state index in [-0.39, 0.29) is 33.7 Å². The highest BCUT2D eigenvalue weighted by Gasteiger charge is 2.48. The molecule has 3 aromatic carbocycles. The van der Waals surface area contributed by atoms with E-state index in [9.17, 15) is 24.6 Å². The number of aryl methyl sites for hydroxylation is 2. The second kappa shape index (κ2) is 12.6. The Hall–Kier alpha value is -5.16. The zero-order valence-corrected chi connectivity index (χ0v) is 25.3. The van der Waals surface area contributed by atoms with Crippen LogP contribution in [-0.4, -0.2) is 46.6 Å². The van der Waals surface area contributed by atoms with Gasteiger partial charge in [0, 0.05) is 5.56 Å². The number of carbonyl (C=O) groups is 3. The number of esters is 1. The van der Waals surface area contributed by atoms with E-state index in [4.69, 9.17) is 14.2 Å². The van der Waals surface area contributed by atoms with E-state index in [0.717, 1.165) is 21.8 Å². The fourth-order valence-electron chi connectivity index (χ4n) is 4.96. The minimum atomic E-state index is -1.15. The number of methoxy groups -OCH3 is 1. The normalized spacial score (nSPS) is 15.8. The zero-order valence-electron chi connectivity index (χ0n) is 24.5. The van der Waals surface area contributed by atoms with Crippen LogP contribution in [0.5, 0.6) is 17.2 Å². The number of benzene rings is 3. The molecule has 1 aliphatic heterocycles. The highest BCUT2D eigenvalue weighted by atomic mass is 32.1. The molecular weight excluding hydrogens is 584 g/mol. The summed E-state index contributed by atoms with van der Waals surface area (Å²) in [5, 5.41) is 22.0. The van der Waals surface area contributed by atoms with Gasteiger partial charge in [0.1, 0.15) is 23.0 Å². The van der Waals surface area contributed by atoms with Gasteiger partial charge < -0.3 is 24.4 Å². The maximum absolute atomic E-state index is 13.6. The van der Waals surface area contributed by atoms with Gasteiger partial charge in [-0.3, -0.25) is 14.5 Å². The van der Waals surface area contributed by atoms with Crippen molar-refractivity contribution in [1.29, 1.82) is 0 Å². The third kappa shape index (κ3) is 5.73. The fraction of sp³-hybridized carbons (Fsp3) is 0.212.